The number of nitrogens with zero attached hydrogens (tertiary/aromatic N) is 3. The smallest absolute Gasteiger partial charge is 0.257 e. The van der Waals surface area contributed by atoms with E-state index in [0.29, 0.717) is 5.56 Å². The average Bonchev–Trinajstić information content (AvgIpc) is 3.14. The molecule has 2 heterocycles. The van der Waals surface area contributed by atoms with Crippen molar-refractivity contribution in [2.24, 2.45) is 7.05 Å². The number of benzene rings is 2. The number of hydrogen-bond acceptors (Lipinski definition) is 2. The third kappa shape index (κ3) is 2.58. The monoisotopic (exact) mass is 344 g/mol. The van der Waals surface area contributed by atoms with Crippen LogP contribution in [-0.2, 0) is 7.05 Å². The van der Waals surface area contributed by atoms with E-state index in [1.54, 1.807) is 0 Å². The molecular formula is C21H20N4O. The number of aromatic nitrogens is 3. The number of nitrogens with one attached hydrogen (secondary N) is 1. The molecule has 0 fully saturated rings. The Labute approximate surface area is 151 Å². The molecule has 0 bridgehead atoms. The number of rotatable bonds is 3. The van der Waals surface area contributed by atoms with Gasteiger partial charge in [-0.1, -0.05) is 36.4 Å². The van der Waals surface area contributed by atoms with E-state index in [2.05, 4.69) is 10.4 Å². The predicted molar refractivity (Wildman–Crippen MR) is 104 cm³/mol. The van der Waals surface area contributed by atoms with Gasteiger partial charge in [0.2, 0.25) is 0 Å². The normalized spacial score (nSPS) is 11.0. The molecule has 1 amide bonds. The van der Waals surface area contributed by atoms with Gasteiger partial charge in [0.1, 0.15) is 0 Å². The quantitative estimate of drug-likeness (QED) is 0.604. The molecule has 5 heteroatoms. The fourth-order valence-corrected chi connectivity index (χ4v) is 3.35. The van der Waals surface area contributed by atoms with Gasteiger partial charge in [-0.15, -0.1) is 0 Å². The van der Waals surface area contributed by atoms with Gasteiger partial charge >= 0.3 is 0 Å². The van der Waals surface area contributed by atoms with Crippen LogP contribution in [0.25, 0.3) is 16.6 Å². The summed E-state index contributed by atoms with van der Waals surface area (Å²) in [5.41, 5.74) is 5.12. The molecule has 4 rings (SSSR count). The molecule has 1 N–H and O–H groups in total. The second-order valence-corrected chi connectivity index (χ2v) is 6.42. The number of carbonyl (C=O) groups excluding carboxylic acids is 1. The molecule has 26 heavy (non-hydrogen) atoms. The Hall–Kier alpha value is -3.34. The summed E-state index contributed by atoms with van der Waals surface area (Å²) in [6.45, 7) is 3.87. The van der Waals surface area contributed by atoms with Crippen LogP contribution in [0.2, 0.25) is 0 Å². The third-order valence-electron chi connectivity index (χ3n) is 4.67. The van der Waals surface area contributed by atoms with Crippen LogP contribution in [-0.4, -0.2) is 20.3 Å². The van der Waals surface area contributed by atoms with Gasteiger partial charge in [-0.25, -0.2) is 4.68 Å². The number of aryl methyl sites for hydroxylation is 2. The standard InChI is InChI=1S/C21H20N4O/c1-14-20(15(2)25(23-14)16-9-5-4-6-10-16)22-21(26)18-13-24(3)19-12-8-7-11-17(18)19/h4-13H,1-3H3,(H,22,26). The Morgan fingerprint density at radius 2 is 1.69 bits per heavy atom. The van der Waals surface area contributed by atoms with Gasteiger partial charge in [0.25, 0.3) is 5.91 Å². The van der Waals surface area contributed by atoms with Crippen molar-refractivity contribution in [3.05, 3.63) is 77.7 Å². The topological polar surface area (TPSA) is 51.9 Å². The van der Waals surface area contributed by atoms with Crippen LogP contribution in [0.3, 0.4) is 0 Å². The molecule has 130 valence electrons. The molecule has 0 aliphatic carbocycles. The van der Waals surface area contributed by atoms with Gasteiger partial charge in [0.05, 0.1) is 28.3 Å². The van der Waals surface area contributed by atoms with Crippen molar-refractivity contribution in [2.45, 2.75) is 13.8 Å². The highest BCUT2D eigenvalue weighted by Crippen LogP contribution is 2.25. The minimum Gasteiger partial charge on any atom is -0.350 e. The van der Waals surface area contributed by atoms with E-state index in [1.807, 2.05) is 90.9 Å². The summed E-state index contributed by atoms with van der Waals surface area (Å²) in [6.07, 6.45) is 1.87. The summed E-state index contributed by atoms with van der Waals surface area (Å²) < 4.78 is 3.82. The van der Waals surface area contributed by atoms with Crippen LogP contribution < -0.4 is 5.32 Å². The van der Waals surface area contributed by atoms with Crippen molar-refractivity contribution < 1.29 is 4.79 Å². The van der Waals surface area contributed by atoms with E-state index < -0.39 is 0 Å². The Balaban J connectivity index is 1.71. The summed E-state index contributed by atoms with van der Waals surface area (Å²) >= 11 is 0. The van der Waals surface area contributed by atoms with Crippen LogP contribution in [0, 0.1) is 13.8 Å². The molecule has 0 unspecified atom stereocenters. The Morgan fingerprint density at radius 1 is 1.00 bits per heavy atom. The molecule has 0 saturated carbocycles. The molecule has 0 spiro atoms. The maximum atomic E-state index is 12.9. The SMILES string of the molecule is Cc1nn(-c2ccccc2)c(C)c1NC(=O)c1cn(C)c2ccccc12. The third-order valence-corrected chi connectivity index (χ3v) is 4.67. The first kappa shape index (κ1) is 16.1. The summed E-state index contributed by atoms with van der Waals surface area (Å²) in [7, 11) is 1.95. The van der Waals surface area contributed by atoms with E-state index in [-0.39, 0.29) is 5.91 Å². The Kier molecular flexibility index (Phi) is 3.84. The summed E-state index contributed by atoms with van der Waals surface area (Å²) in [6, 6.07) is 17.8. The van der Waals surface area contributed by atoms with Crippen LogP contribution in [0.4, 0.5) is 5.69 Å². The second kappa shape index (κ2) is 6.19. The molecule has 5 nitrogen and oxygen atoms in total. The molecule has 0 radical (unpaired) electrons. The zero-order valence-corrected chi connectivity index (χ0v) is 15.0. The molecular weight excluding hydrogens is 324 g/mol. The highest BCUT2D eigenvalue weighted by atomic mass is 16.1. The van der Waals surface area contributed by atoms with Crippen molar-refractivity contribution >= 4 is 22.5 Å². The highest BCUT2D eigenvalue weighted by molar-refractivity contribution is 6.13. The van der Waals surface area contributed by atoms with Gasteiger partial charge in [-0.2, -0.15) is 5.10 Å². The number of amides is 1. The Bertz CT molecular complexity index is 1110. The molecule has 2 aromatic heterocycles. The maximum absolute atomic E-state index is 12.9. The van der Waals surface area contributed by atoms with Crippen LogP contribution in [0.1, 0.15) is 21.7 Å². The van der Waals surface area contributed by atoms with Crippen LogP contribution in [0.15, 0.2) is 60.8 Å². The Morgan fingerprint density at radius 3 is 2.46 bits per heavy atom. The molecule has 4 aromatic rings. The van der Waals surface area contributed by atoms with E-state index >= 15 is 0 Å². The van der Waals surface area contributed by atoms with Crippen molar-refractivity contribution in [2.75, 3.05) is 5.32 Å². The minimum absolute atomic E-state index is 0.124. The second-order valence-electron chi connectivity index (χ2n) is 6.42. The van der Waals surface area contributed by atoms with Crippen molar-refractivity contribution in [3.8, 4) is 5.69 Å². The van der Waals surface area contributed by atoms with Crippen molar-refractivity contribution in [3.63, 3.8) is 0 Å². The molecule has 2 aromatic carbocycles. The van der Waals surface area contributed by atoms with E-state index in [9.17, 15) is 4.79 Å². The average molecular weight is 344 g/mol. The minimum atomic E-state index is -0.124. The van der Waals surface area contributed by atoms with Gasteiger partial charge in [-0.05, 0) is 32.0 Å². The number of carbonyl (C=O) groups is 1. The van der Waals surface area contributed by atoms with Crippen LogP contribution >= 0.6 is 0 Å². The summed E-state index contributed by atoms with van der Waals surface area (Å²) in [5, 5.41) is 8.59. The summed E-state index contributed by atoms with van der Waals surface area (Å²) in [5.74, 6) is -0.124. The number of hydrogen-bond donors (Lipinski definition) is 1. The van der Waals surface area contributed by atoms with Gasteiger partial charge in [0.15, 0.2) is 0 Å². The lowest BCUT2D eigenvalue weighted by Gasteiger charge is -2.07. The van der Waals surface area contributed by atoms with Crippen molar-refractivity contribution in [1.29, 1.82) is 0 Å². The number of para-hydroxylation sites is 2. The molecule has 0 aliphatic rings. The zero-order valence-electron chi connectivity index (χ0n) is 15.0. The molecule has 0 atom stereocenters. The first-order valence-corrected chi connectivity index (χ1v) is 8.53. The van der Waals surface area contributed by atoms with Crippen molar-refractivity contribution in [1.82, 2.24) is 14.3 Å². The predicted octanol–water partition coefficient (Wildman–Crippen LogP) is 4.23. The van der Waals surface area contributed by atoms with E-state index in [0.717, 1.165) is 33.7 Å². The van der Waals surface area contributed by atoms with E-state index in [1.165, 1.54) is 0 Å². The van der Waals surface area contributed by atoms with Gasteiger partial charge < -0.3 is 9.88 Å². The first-order valence-electron chi connectivity index (χ1n) is 8.53. The lowest BCUT2D eigenvalue weighted by Crippen LogP contribution is -2.13. The maximum Gasteiger partial charge on any atom is 0.257 e. The highest BCUT2D eigenvalue weighted by Gasteiger charge is 2.18. The first-order chi connectivity index (χ1) is 12.6. The van der Waals surface area contributed by atoms with Gasteiger partial charge in [-0.3, -0.25) is 4.79 Å². The number of anilines is 1. The molecule has 0 saturated heterocycles. The lowest BCUT2D eigenvalue weighted by atomic mass is 10.1. The lowest BCUT2D eigenvalue weighted by molar-refractivity contribution is 0.102. The molecule has 0 aliphatic heterocycles. The van der Waals surface area contributed by atoms with Crippen LogP contribution in [0.5, 0.6) is 0 Å². The fourth-order valence-electron chi connectivity index (χ4n) is 3.35. The van der Waals surface area contributed by atoms with E-state index in [4.69, 9.17) is 0 Å². The fraction of sp³-hybridized carbons (Fsp3) is 0.143. The largest absolute Gasteiger partial charge is 0.350 e. The van der Waals surface area contributed by atoms with Gasteiger partial charge in [0, 0.05) is 24.1 Å². The summed E-state index contributed by atoms with van der Waals surface area (Å²) in [4.78, 5) is 12.9. The number of fused-ring (bicyclic) bond motifs is 1. The zero-order chi connectivity index (χ0) is 18.3.